The molecular weight excluding hydrogens is 150 g/mol. The Balaban J connectivity index is 0. The topological polar surface area (TPSA) is 29.1 Å². The summed E-state index contributed by atoms with van der Waals surface area (Å²) in [5.41, 5.74) is -0.241. The summed E-state index contributed by atoms with van der Waals surface area (Å²) in [5, 5.41) is 2.57. The lowest BCUT2D eigenvalue weighted by molar-refractivity contribution is -0.127. The standard InChI is InChI=1S/C6H13NO.C4H10/c1-6(2,3)5(8)7-4;1-4(2)3/h1-4H3,(H,7,8);4H,1-3H3. The highest BCUT2D eigenvalue weighted by atomic mass is 16.2. The van der Waals surface area contributed by atoms with E-state index in [1.807, 2.05) is 20.8 Å². The van der Waals surface area contributed by atoms with E-state index in [0.29, 0.717) is 0 Å². The maximum atomic E-state index is 10.7. The van der Waals surface area contributed by atoms with Gasteiger partial charge in [0.25, 0.3) is 0 Å². The minimum Gasteiger partial charge on any atom is -0.359 e. The van der Waals surface area contributed by atoms with Gasteiger partial charge < -0.3 is 5.32 Å². The lowest BCUT2D eigenvalue weighted by Gasteiger charge is -2.14. The summed E-state index contributed by atoms with van der Waals surface area (Å²) >= 11 is 0. The molecule has 1 N–H and O–H groups in total. The van der Waals surface area contributed by atoms with Gasteiger partial charge in [-0.25, -0.2) is 0 Å². The van der Waals surface area contributed by atoms with Crippen LogP contribution in [-0.2, 0) is 4.79 Å². The summed E-state index contributed by atoms with van der Waals surface area (Å²) in [6, 6.07) is 0. The van der Waals surface area contributed by atoms with Crippen molar-refractivity contribution < 1.29 is 4.79 Å². The summed E-state index contributed by atoms with van der Waals surface area (Å²) < 4.78 is 0. The zero-order chi connectivity index (χ0) is 10.4. The minimum atomic E-state index is -0.241. The number of carbonyl (C=O) groups excluding carboxylic acids is 1. The lowest BCUT2D eigenvalue weighted by atomic mass is 9.96. The molecule has 0 saturated carbocycles. The van der Waals surface area contributed by atoms with E-state index in [4.69, 9.17) is 0 Å². The number of amides is 1. The van der Waals surface area contributed by atoms with Crippen LogP contribution in [0.1, 0.15) is 41.5 Å². The molecule has 0 heterocycles. The highest BCUT2D eigenvalue weighted by Gasteiger charge is 2.18. The normalized spacial score (nSPS) is 10.3. The Labute approximate surface area is 76.7 Å². The third kappa shape index (κ3) is 12.2. The Morgan fingerprint density at radius 2 is 1.42 bits per heavy atom. The predicted molar refractivity (Wildman–Crippen MR) is 54.0 cm³/mol. The molecule has 0 aliphatic rings. The number of rotatable bonds is 0. The fraction of sp³-hybridized carbons (Fsp3) is 0.900. The highest BCUT2D eigenvalue weighted by molar-refractivity contribution is 5.80. The molecule has 0 bridgehead atoms. The van der Waals surface area contributed by atoms with Crippen molar-refractivity contribution in [3.63, 3.8) is 0 Å². The third-order valence-corrected chi connectivity index (χ3v) is 0.908. The van der Waals surface area contributed by atoms with Crippen LogP contribution in [0.5, 0.6) is 0 Å². The van der Waals surface area contributed by atoms with Gasteiger partial charge in [0, 0.05) is 12.5 Å². The first-order valence-electron chi connectivity index (χ1n) is 4.44. The van der Waals surface area contributed by atoms with Crippen LogP contribution in [-0.4, -0.2) is 13.0 Å². The van der Waals surface area contributed by atoms with Gasteiger partial charge in [-0.2, -0.15) is 0 Å². The van der Waals surface area contributed by atoms with Gasteiger partial charge in [0.2, 0.25) is 5.91 Å². The molecule has 0 aromatic heterocycles. The van der Waals surface area contributed by atoms with Crippen LogP contribution in [0.3, 0.4) is 0 Å². The van der Waals surface area contributed by atoms with Crippen molar-refractivity contribution in [2.75, 3.05) is 7.05 Å². The van der Waals surface area contributed by atoms with Crippen LogP contribution in [0.2, 0.25) is 0 Å². The molecule has 0 rings (SSSR count). The van der Waals surface area contributed by atoms with Gasteiger partial charge in [0.15, 0.2) is 0 Å². The fourth-order valence-electron chi connectivity index (χ4n) is 0.375. The van der Waals surface area contributed by atoms with Crippen molar-refractivity contribution in [1.82, 2.24) is 5.32 Å². The molecule has 0 aliphatic heterocycles. The molecule has 1 amide bonds. The molecule has 0 aromatic rings. The van der Waals surface area contributed by atoms with Gasteiger partial charge >= 0.3 is 0 Å². The van der Waals surface area contributed by atoms with Gasteiger partial charge in [-0.05, 0) is 5.92 Å². The smallest absolute Gasteiger partial charge is 0.225 e. The summed E-state index contributed by atoms with van der Waals surface area (Å²) in [7, 11) is 1.65. The second-order valence-electron chi connectivity index (χ2n) is 4.56. The largest absolute Gasteiger partial charge is 0.359 e. The lowest BCUT2D eigenvalue weighted by Crippen LogP contribution is -2.31. The summed E-state index contributed by atoms with van der Waals surface area (Å²) in [4.78, 5) is 10.7. The van der Waals surface area contributed by atoms with Crippen LogP contribution in [0.15, 0.2) is 0 Å². The van der Waals surface area contributed by atoms with Crippen molar-refractivity contribution in [1.29, 1.82) is 0 Å². The van der Waals surface area contributed by atoms with Crippen molar-refractivity contribution in [3.05, 3.63) is 0 Å². The van der Waals surface area contributed by atoms with Crippen LogP contribution >= 0.6 is 0 Å². The maximum absolute atomic E-state index is 10.7. The van der Waals surface area contributed by atoms with Crippen molar-refractivity contribution in [3.8, 4) is 0 Å². The number of nitrogens with one attached hydrogen (secondary N) is 1. The van der Waals surface area contributed by atoms with E-state index in [1.165, 1.54) is 0 Å². The first-order chi connectivity index (χ1) is 5.21. The minimum absolute atomic E-state index is 0.0810. The zero-order valence-electron chi connectivity index (χ0n) is 9.49. The molecular formula is C10H23NO. The summed E-state index contributed by atoms with van der Waals surface area (Å²) in [5.74, 6) is 0.914. The van der Waals surface area contributed by atoms with E-state index in [1.54, 1.807) is 7.05 Å². The molecule has 12 heavy (non-hydrogen) atoms. The van der Waals surface area contributed by atoms with Crippen LogP contribution < -0.4 is 5.32 Å². The molecule has 0 aliphatic carbocycles. The molecule has 74 valence electrons. The third-order valence-electron chi connectivity index (χ3n) is 0.908. The van der Waals surface area contributed by atoms with Gasteiger partial charge in [-0.3, -0.25) is 4.79 Å². The SMILES string of the molecule is CC(C)C.CNC(=O)C(C)(C)C. The summed E-state index contributed by atoms with van der Waals surface area (Å²) in [6.45, 7) is 12.1. The predicted octanol–water partition coefficient (Wildman–Crippen LogP) is 2.44. The zero-order valence-corrected chi connectivity index (χ0v) is 9.49. The average molecular weight is 173 g/mol. The second-order valence-corrected chi connectivity index (χ2v) is 4.56. The van der Waals surface area contributed by atoms with Crippen molar-refractivity contribution >= 4 is 5.91 Å². The number of carbonyl (C=O) groups is 1. The Hall–Kier alpha value is -0.530. The first-order valence-corrected chi connectivity index (χ1v) is 4.44. The van der Waals surface area contributed by atoms with Crippen LogP contribution in [0.4, 0.5) is 0 Å². The monoisotopic (exact) mass is 173 g/mol. The van der Waals surface area contributed by atoms with E-state index < -0.39 is 0 Å². The van der Waals surface area contributed by atoms with Gasteiger partial charge in [0.05, 0.1) is 0 Å². The molecule has 0 aromatic carbocycles. The van der Waals surface area contributed by atoms with Crippen LogP contribution in [0.25, 0.3) is 0 Å². The first kappa shape index (κ1) is 14.0. The molecule has 0 saturated heterocycles. The quantitative estimate of drug-likeness (QED) is 0.599. The molecule has 0 fully saturated rings. The molecule has 2 heteroatoms. The Morgan fingerprint density at radius 1 is 1.17 bits per heavy atom. The van der Waals surface area contributed by atoms with Crippen LogP contribution in [0, 0.1) is 11.3 Å². The molecule has 2 nitrogen and oxygen atoms in total. The van der Waals surface area contributed by atoms with Crippen molar-refractivity contribution in [2.24, 2.45) is 11.3 Å². The van der Waals surface area contributed by atoms with Gasteiger partial charge in [0.1, 0.15) is 0 Å². The Kier molecular flexibility index (Phi) is 7.05. The molecule has 0 atom stereocenters. The Morgan fingerprint density at radius 3 is 1.42 bits per heavy atom. The average Bonchev–Trinajstić information content (AvgIpc) is 1.82. The van der Waals surface area contributed by atoms with Gasteiger partial charge in [-0.15, -0.1) is 0 Å². The van der Waals surface area contributed by atoms with E-state index >= 15 is 0 Å². The summed E-state index contributed by atoms with van der Waals surface area (Å²) in [6.07, 6.45) is 0. The molecule has 0 unspecified atom stereocenters. The van der Waals surface area contributed by atoms with Gasteiger partial charge in [-0.1, -0.05) is 41.5 Å². The second kappa shape index (κ2) is 6.04. The molecule has 0 radical (unpaired) electrons. The number of hydrogen-bond donors (Lipinski definition) is 1. The fourth-order valence-corrected chi connectivity index (χ4v) is 0.375. The van der Waals surface area contributed by atoms with Crippen molar-refractivity contribution in [2.45, 2.75) is 41.5 Å². The molecule has 0 spiro atoms. The highest BCUT2D eigenvalue weighted by Crippen LogP contribution is 2.11. The Bertz CT molecular complexity index is 120. The van der Waals surface area contributed by atoms with E-state index in [-0.39, 0.29) is 11.3 Å². The van der Waals surface area contributed by atoms with E-state index in [0.717, 1.165) is 5.92 Å². The maximum Gasteiger partial charge on any atom is 0.225 e. The number of hydrogen-bond acceptors (Lipinski definition) is 1. The van der Waals surface area contributed by atoms with E-state index in [2.05, 4.69) is 26.1 Å². The van der Waals surface area contributed by atoms with E-state index in [9.17, 15) is 4.79 Å².